The fourth-order valence-corrected chi connectivity index (χ4v) is 3.02. The van der Waals surface area contributed by atoms with Gasteiger partial charge in [0.1, 0.15) is 6.61 Å². The zero-order valence-corrected chi connectivity index (χ0v) is 20.2. The van der Waals surface area contributed by atoms with Crippen LogP contribution in [-0.4, -0.2) is 51.3 Å². The highest BCUT2D eigenvalue weighted by Gasteiger charge is 2.13. The summed E-state index contributed by atoms with van der Waals surface area (Å²) in [6.45, 7) is 4.51. The molecule has 2 aromatic carbocycles. The van der Waals surface area contributed by atoms with Gasteiger partial charge in [0, 0.05) is 13.1 Å². The number of aliphatic hydroxyl groups excluding tert-OH is 1. The van der Waals surface area contributed by atoms with E-state index >= 15 is 0 Å². The van der Waals surface area contributed by atoms with Crippen LogP contribution < -0.4 is 29.6 Å². The van der Waals surface area contributed by atoms with Gasteiger partial charge in [0.25, 0.3) is 0 Å². The highest BCUT2D eigenvalue weighted by Crippen LogP contribution is 2.32. The molecule has 0 saturated heterocycles. The number of aliphatic imine (C=N–C) groups is 1. The summed E-state index contributed by atoms with van der Waals surface area (Å²) in [4.78, 5) is 4.65. The number of aliphatic hydroxyl groups is 1. The van der Waals surface area contributed by atoms with Crippen LogP contribution in [0.2, 0.25) is 0 Å². The van der Waals surface area contributed by atoms with Gasteiger partial charge in [-0.3, -0.25) is 0 Å². The SMILES string of the molecule is CCNC(=NCc1ccc(OCCO)c(OC)c1)NCCc1ccc2c(c1)OCO2.I. The van der Waals surface area contributed by atoms with Crippen molar-refractivity contribution in [2.24, 2.45) is 4.99 Å². The molecule has 170 valence electrons. The summed E-state index contributed by atoms with van der Waals surface area (Å²) in [5, 5.41) is 15.5. The van der Waals surface area contributed by atoms with Crippen LogP contribution in [0.25, 0.3) is 0 Å². The van der Waals surface area contributed by atoms with Gasteiger partial charge in [0.15, 0.2) is 29.0 Å². The highest BCUT2D eigenvalue weighted by atomic mass is 127. The molecule has 0 aromatic heterocycles. The lowest BCUT2D eigenvalue weighted by molar-refractivity contribution is 0.174. The molecule has 9 heteroatoms. The van der Waals surface area contributed by atoms with Crippen LogP contribution in [0.15, 0.2) is 41.4 Å². The molecule has 3 N–H and O–H groups in total. The van der Waals surface area contributed by atoms with E-state index in [4.69, 9.17) is 24.1 Å². The molecule has 0 bridgehead atoms. The summed E-state index contributed by atoms with van der Waals surface area (Å²) in [6, 6.07) is 11.7. The molecule has 1 aliphatic rings. The molecule has 1 aliphatic heterocycles. The number of hydrogen-bond donors (Lipinski definition) is 3. The largest absolute Gasteiger partial charge is 0.493 e. The third kappa shape index (κ3) is 7.35. The van der Waals surface area contributed by atoms with Gasteiger partial charge in [0.2, 0.25) is 6.79 Å². The lowest BCUT2D eigenvalue weighted by Gasteiger charge is -2.13. The van der Waals surface area contributed by atoms with Crippen molar-refractivity contribution in [1.82, 2.24) is 10.6 Å². The number of benzene rings is 2. The van der Waals surface area contributed by atoms with E-state index in [2.05, 4.69) is 15.6 Å². The van der Waals surface area contributed by atoms with E-state index < -0.39 is 0 Å². The number of fused-ring (bicyclic) bond motifs is 1. The molecule has 0 amide bonds. The maximum absolute atomic E-state index is 8.92. The molecule has 0 unspecified atom stereocenters. The molecule has 0 atom stereocenters. The zero-order chi connectivity index (χ0) is 21.2. The van der Waals surface area contributed by atoms with Crippen molar-refractivity contribution in [1.29, 1.82) is 0 Å². The van der Waals surface area contributed by atoms with E-state index in [1.54, 1.807) is 7.11 Å². The Morgan fingerprint density at radius 2 is 1.87 bits per heavy atom. The topological polar surface area (TPSA) is 93.6 Å². The van der Waals surface area contributed by atoms with E-state index in [1.807, 2.05) is 43.3 Å². The number of hydrogen-bond acceptors (Lipinski definition) is 6. The van der Waals surface area contributed by atoms with Crippen LogP contribution in [0.3, 0.4) is 0 Å². The first-order valence-corrected chi connectivity index (χ1v) is 10.0. The molecule has 3 rings (SSSR count). The molecule has 0 spiro atoms. The number of guanidine groups is 1. The van der Waals surface area contributed by atoms with Gasteiger partial charge >= 0.3 is 0 Å². The van der Waals surface area contributed by atoms with Crippen molar-refractivity contribution in [3.05, 3.63) is 47.5 Å². The summed E-state index contributed by atoms with van der Waals surface area (Å²) in [6.07, 6.45) is 0.839. The Morgan fingerprint density at radius 3 is 2.65 bits per heavy atom. The Kier molecular flexibility index (Phi) is 10.5. The van der Waals surface area contributed by atoms with E-state index in [0.29, 0.717) is 18.0 Å². The Balaban J connectivity index is 0.00000341. The van der Waals surface area contributed by atoms with Crippen LogP contribution >= 0.6 is 24.0 Å². The average molecular weight is 543 g/mol. The van der Waals surface area contributed by atoms with Crippen LogP contribution in [0.4, 0.5) is 0 Å². The summed E-state index contributed by atoms with van der Waals surface area (Å²) in [5.74, 6) is 3.57. The standard InChI is InChI=1S/C22H29N3O5.HI/c1-3-23-22(24-9-8-16-4-6-19-21(12-16)30-15-29-19)25-14-17-5-7-18(28-11-10-26)20(13-17)27-2;/h4-7,12-13,26H,3,8-11,14-15H2,1-2H3,(H2,23,24,25);1H. The van der Waals surface area contributed by atoms with Crippen LogP contribution in [0.1, 0.15) is 18.1 Å². The number of rotatable bonds is 10. The normalized spacial score (nSPS) is 12.2. The highest BCUT2D eigenvalue weighted by molar-refractivity contribution is 14.0. The summed E-state index contributed by atoms with van der Waals surface area (Å²) < 4.78 is 21.6. The molecule has 0 fully saturated rings. The average Bonchev–Trinajstić information content (AvgIpc) is 3.24. The smallest absolute Gasteiger partial charge is 0.231 e. The Bertz CT molecular complexity index is 863. The van der Waals surface area contributed by atoms with Crippen molar-refractivity contribution in [3.8, 4) is 23.0 Å². The van der Waals surface area contributed by atoms with E-state index in [0.717, 1.165) is 42.5 Å². The third-order valence-electron chi connectivity index (χ3n) is 4.48. The molecular formula is C22H30IN3O5. The van der Waals surface area contributed by atoms with E-state index in [-0.39, 0.29) is 44.0 Å². The van der Waals surface area contributed by atoms with E-state index in [9.17, 15) is 0 Å². The molecule has 0 aliphatic carbocycles. The molecule has 0 radical (unpaired) electrons. The maximum atomic E-state index is 8.92. The van der Waals surface area contributed by atoms with Crippen molar-refractivity contribution in [3.63, 3.8) is 0 Å². The first-order valence-electron chi connectivity index (χ1n) is 10.0. The number of nitrogens with one attached hydrogen (secondary N) is 2. The minimum Gasteiger partial charge on any atom is -0.493 e. The van der Waals surface area contributed by atoms with Gasteiger partial charge in [-0.15, -0.1) is 24.0 Å². The van der Waals surface area contributed by atoms with Gasteiger partial charge in [0.05, 0.1) is 20.3 Å². The predicted octanol–water partition coefficient (Wildman–Crippen LogP) is 2.71. The maximum Gasteiger partial charge on any atom is 0.231 e. The fourth-order valence-electron chi connectivity index (χ4n) is 3.02. The summed E-state index contributed by atoms with van der Waals surface area (Å²) in [7, 11) is 1.59. The lowest BCUT2D eigenvalue weighted by atomic mass is 10.1. The molecule has 0 saturated carbocycles. The third-order valence-corrected chi connectivity index (χ3v) is 4.48. The second-order valence-corrected chi connectivity index (χ2v) is 6.62. The number of halogens is 1. The van der Waals surface area contributed by atoms with Crippen LogP contribution in [-0.2, 0) is 13.0 Å². The zero-order valence-electron chi connectivity index (χ0n) is 17.8. The quantitative estimate of drug-likeness (QED) is 0.241. The summed E-state index contributed by atoms with van der Waals surface area (Å²) in [5.41, 5.74) is 2.17. The van der Waals surface area contributed by atoms with Gasteiger partial charge in [-0.1, -0.05) is 12.1 Å². The molecule has 1 heterocycles. The number of ether oxygens (including phenoxy) is 4. The van der Waals surface area contributed by atoms with Crippen LogP contribution in [0, 0.1) is 0 Å². The Morgan fingerprint density at radius 1 is 1.06 bits per heavy atom. The first-order chi connectivity index (χ1) is 14.7. The minimum atomic E-state index is -0.0425. The van der Waals surface area contributed by atoms with Gasteiger partial charge < -0.3 is 34.7 Å². The fraction of sp³-hybridized carbons (Fsp3) is 0.409. The Labute approximate surface area is 200 Å². The minimum absolute atomic E-state index is 0. The Hall–Kier alpha value is -2.40. The molecular weight excluding hydrogens is 513 g/mol. The van der Waals surface area contributed by atoms with Crippen molar-refractivity contribution < 1.29 is 24.1 Å². The van der Waals surface area contributed by atoms with Gasteiger partial charge in [-0.05, 0) is 48.7 Å². The molecule has 2 aromatic rings. The second-order valence-electron chi connectivity index (χ2n) is 6.62. The number of methoxy groups -OCH3 is 1. The van der Waals surface area contributed by atoms with Crippen molar-refractivity contribution in [2.45, 2.75) is 19.9 Å². The molecule has 31 heavy (non-hydrogen) atoms. The van der Waals surface area contributed by atoms with Crippen LogP contribution in [0.5, 0.6) is 23.0 Å². The van der Waals surface area contributed by atoms with Gasteiger partial charge in [-0.2, -0.15) is 0 Å². The monoisotopic (exact) mass is 543 g/mol. The van der Waals surface area contributed by atoms with Crippen molar-refractivity contribution >= 4 is 29.9 Å². The predicted molar refractivity (Wildman–Crippen MR) is 130 cm³/mol. The molecule has 8 nitrogen and oxygen atoms in total. The number of nitrogens with zero attached hydrogens (tertiary/aromatic N) is 1. The van der Waals surface area contributed by atoms with E-state index in [1.165, 1.54) is 5.56 Å². The van der Waals surface area contributed by atoms with Gasteiger partial charge in [-0.25, -0.2) is 4.99 Å². The first kappa shape index (κ1) is 24.9. The van der Waals surface area contributed by atoms with Crippen molar-refractivity contribution in [2.75, 3.05) is 40.2 Å². The summed E-state index contributed by atoms with van der Waals surface area (Å²) >= 11 is 0. The second kappa shape index (κ2) is 13.1. The lowest BCUT2D eigenvalue weighted by Crippen LogP contribution is -2.38.